The molecular weight excluding hydrogens is 567 g/mol. The molecular formula is C24H24Br2F3NO3. The number of hydrogen-bond acceptors (Lipinski definition) is 4. The first-order valence-electron chi connectivity index (χ1n) is 10.2. The molecule has 0 radical (unpaired) electrons. The molecule has 2 atom stereocenters. The van der Waals surface area contributed by atoms with Crippen molar-refractivity contribution in [2.75, 3.05) is 12.4 Å². The van der Waals surface area contributed by atoms with Crippen LogP contribution in [0.25, 0.3) is 0 Å². The van der Waals surface area contributed by atoms with E-state index in [4.69, 9.17) is 9.47 Å². The highest BCUT2D eigenvalue weighted by molar-refractivity contribution is 9.28. The van der Waals surface area contributed by atoms with E-state index in [1.54, 1.807) is 0 Å². The third kappa shape index (κ3) is 5.63. The first kappa shape index (κ1) is 25.8. The number of carbonyl (C=O) groups excluding carboxylic acids is 1. The number of ether oxygens (including phenoxy) is 2. The Hall–Kier alpha value is -1.84. The zero-order valence-corrected chi connectivity index (χ0v) is 21.5. The molecule has 4 nitrogen and oxygen atoms in total. The predicted molar refractivity (Wildman–Crippen MR) is 127 cm³/mol. The minimum absolute atomic E-state index is 0.0863. The summed E-state index contributed by atoms with van der Waals surface area (Å²) in [5.74, 6) is -4.71. The number of rotatable bonds is 9. The van der Waals surface area contributed by atoms with Gasteiger partial charge in [-0.05, 0) is 48.8 Å². The van der Waals surface area contributed by atoms with E-state index in [-0.39, 0.29) is 29.1 Å². The number of nitrogens with one attached hydrogen (secondary N) is 1. The van der Waals surface area contributed by atoms with Gasteiger partial charge in [0, 0.05) is 13.7 Å². The molecule has 1 N–H and O–H groups in total. The van der Waals surface area contributed by atoms with E-state index in [1.807, 2.05) is 50.3 Å². The average molecular weight is 591 g/mol. The van der Waals surface area contributed by atoms with Gasteiger partial charge in [0.2, 0.25) is 0 Å². The van der Waals surface area contributed by atoms with Gasteiger partial charge in [0.05, 0.1) is 32.7 Å². The number of anilines is 1. The largest absolute Gasteiger partial charge is 0.460 e. The minimum atomic E-state index is -1.36. The zero-order valence-electron chi connectivity index (χ0n) is 18.4. The number of benzene rings is 2. The quantitative estimate of drug-likeness (QED) is 0.257. The maximum absolute atomic E-state index is 15.2. The lowest BCUT2D eigenvalue weighted by Gasteiger charge is -2.18. The second-order valence-corrected chi connectivity index (χ2v) is 11.2. The Morgan fingerprint density at radius 1 is 1.06 bits per heavy atom. The second kappa shape index (κ2) is 10.6. The predicted octanol–water partition coefficient (Wildman–Crippen LogP) is 6.81. The van der Waals surface area contributed by atoms with Gasteiger partial charge in [-0.3, -0.25) is 4.79 Å². The number of carbonyl (C=O) groups is 1. The summed E-state index contributed by atoms with van der Waals surface area (Å²) < 4.78 is 55.6. The van der Waals surface area contributed by atoms with Crippen molar-refractivity contribution in [2.24, 2.45) is 17.3 Å². The smallest absolute Gasteiger partial charge is 0.310 e. The summed E-state index contributed by atoms with van der Waals surface area (Å²) in [4.78, 5) is 12.7. The number of allylic oxidation sites excluding steroid dienone is 1. The molecule has 178 valence electrons. The van der Waals surface area contributed by atoms with Crippen LogP contribution in [0.4, 0.5) is 18.9 Å². The van der Waals surface area contributed by atoms with Crippen molar-refractivity contribution in [3.05, 3.63) is 73.9 Å². The maximum Gasteiger partial charge on any atom is 0.310 e. The molecule has 0 spiro atoms. The molecule has 9 heteroatoms. The molecule has 0 saturated heterocycles. The van der Waals surface area contributed by atoms with Gasteiger partial charge >= 0.3 is 5.97 Å². The summed E-state index contributed by atoms with van der Waals surface area (Å²) in [7, 11) is 1.26. The van der Waals surface area contributed by atoms with E-state index < -0.39 is 48.1 Å². The normalized spacial score (nSPS) is 18.5. The topological polar surface area (TPSA) is 47.6 Å². The fraction of sp³-hybridized carbons (Fsp3) is 0.375. The minimum Gasteiger partial charge on any atom is -0.460 e. The maximum atomic E-state index is 15.2. The molecule has 0 heterocycles. The van der Waals surface area contributed by atoms with E-state index in [0.717, 1.165) is 5.56 Å². The third-order valence-corrected chi connectivity index (χ3v) is 6.47. The monoisotopic (exact) mass is 589 g/mol. The molecule has 0 aliphatic heterocycles. The molecule has 0 amide bonds. The molecule has 2 aromatic rings. The van der Waals surface area contributed by atoms with Crippen molar-refractivity contribution >= 4 is 43.5 Å². The van der Waals surface area contributed by atoms with Crippen LogP contribution in [0.3, 0.4) is 0 Å². The van der Waals surface area contributed by atoms with Crippen molar-refractivity contribution in [1.29, 1.82) is 0 Å². The Labute approximate surface area is 207 Å². The van der Waals surface area contributed by atoms with Crippen LogP contribution in [-0.4, -0.2) is 13.1 Å². The summed E-state index contributed by atoms with van der Waals surface area (Å²) in [6.45, 7) is 2.93. The van der Waals surface area contributed by atoms with Crippen LogP contribution in [0, 0.1) is 34.7 Å². The lowest BCUT2D eigenvalue weighted by Crippen LogP contribution is -2.16. The van der Waals surface area contributed by atoms with Crippen LogP contribution >= 0.6 is 31.9 Å². The molecule has 1 fully saturated rings. The van der Waals surface area contributed by atoms with Gasteiger partial charge in [0.25, 0.3) is 0 Å². The number of halogens is 5. The Morgan fingerprint density at radius 2 is 1.70 bits per heavy atom. The van der Waals surface area contributed by atoms with Crippen molar-refractivity contribution in [1.82, 2.24) is 0 Å². The van der Waals surface area contributed by atoms with Crippen molar-refractivity contribution < 1.29 is 27.4 Å². The summed E-state index contributed by atoms with van der Waals surface area (Å²) in [5, 5.41) is 2.83. The molecule has 0 bridgehead atoms. The van der Waals surface area contributed by atoms with Gasteiger partial charge in [0.15, 0.2) is 17.5 Å². The molecule has 0 unspecified atom stereocenters. The van der Waals surface area contributed by atoms with Gasteiger partial charge in [-0.25, -0.2) is 13.2 Å². The van der Waals surface area contributed by atoms with Crippen molar-refractivity contribution in [2.45, 2.75) is 33.6 Å². The highest BCUT2D eigenvalue weighted by atomic mass is 79.9. The summed E-state index contributed by atoms with van der Waals surface area (Å²) in [5.41, 5.74) is -0.715. The van der Waals surface area contributed by atoms with Crippen LogP contribution in [-0.2, 0) is 34.0 Å². The van der Waals surface area contributed by atoms with E-state index in [0.29, 0.717) is 3.39 Å². The first-order chi connectivity index (χ1) is 15.6. The lowest BCUT2D eigenvalue weighted by molar-refractivity contribution is -0.147. The van der Waals surface area contributed by atoms with Crippen molar-refractivity contribution in [3.63, 3.8) is 0 Å². The van der Waals surface area contributed by atoms with Crippen LogP contribution in [0.5, 0.6) is 0 Å². The second-order valence-electron chi connectivity index (χ2n) is 8.44. The van der Waals surface area contributed by atoms with Gasteiger partial charge in [0.1, 0.15) is 6.61 Å². The highest BCUT2D eigenvalue weighted by Gasteiger charge is 2.61. The van der Waals surface area contributed by atoms with Crippen molar-refractivity contribution in [3.8, 4) is 0 Å². The van der Waals surface area contributed by atoms with Gasteiger partial charge in [-0.1, -0.05) is 50.3 Å². The summed E-state index contributed by atoms with van der Waals surface area (Å²) in [6.07, 6.45) is 1.85. The fourth-order valence-electron chi connectivity index (χ4n) is 3.94. The molecule has 1 saturated carbocycles. The third-order valence-electron chi connectivity index (χ3n) is 5.94. The molecule has 1 aliphatic carbocycles. The van der Waals surface area contributed by atoms with E-state index in [9.17, 15) is 13.6 Å². The first-order valence-corrected chi connectivity index (χ1v) is 11.8. The van der Waals surface area contributed by atoms with Gasteiger partial charge in [-0.2, -0.15) is 0 Å². The zero-order chi connectivity index (χ0) is 24.3. The molecule has 1 aliphatic rings. The molecule has 33 heavy (non-hydrogen) atoms. The molecule has 3 rings (SSSR count). The summed E-state index contributed by atoms with van der Waals surface area (Å²) >= 11 is 6.57. The SMILES string of the molecule is COCc1c(F)c(F)c(COC(=O)[C@@H]2[C@H](C=C(Br)Br)C2(C)C)c(NCc2ccccc2)c1F. The van der Waals surface area contributed by atoms with E-state index in [1.165, 1.54) is 7.11 Å². The standard InChI is InChI=1S/C24H24Br2F3NO3/c1-24(2)16(9-17(25)26)18(24)23(31)33-12-15-20(28)19(27)14(11-32-3)21(29)22(15)30-10-13-7-5-4-6-8-13/h4-9,16,18,30H,10-12H2,1-3H3/t16-,18-/m0/s1. The van der Waals surface area contributed by atoms with Crippen LogP contribution in [0.2, 0.25) is 0 Å². The van der Waals surface area contributed by atoms with Gasteiger partial charge < -0.3 is 14.8 Å². The van der Waals surface area contributed by atoms with Crippen LogP contribution in [0.1, 0.15) is 30.5 Å². The number of methoxy groups -OCH3 is 1. The number of esters is 1. The van der Waals surface area contributed by atoms with Gasteiger partial charge in [-0.15, -0.1) is 0 Å². The van der Waals surface area contributed by atoms with E-state index in [2.05, 4.69) is 37.2 Å². The Kier molecular flexibility index (Phi) is 8.29. The summed E-state index contributed by atoms with van der Waals surface area (Å²) in [6, 6.07) is 9.08. The molecule has 0 aromatic heterocycles. The van der Waals surface area contributed by atoms with E-state index >= 15 is 4.39 Å². The Bertz CT molecular complexity index is 1060. The van der Waals surface area contributed by atoms with Crippen LogP contribution in [0.15, 0.2) is 39.8 Å². The lowest BCUT2D eigenvalue weighted by atomic mass is 10.1. The Balaban J connectivity index is 1.87. The molecule has 2 aromatic carbocycles. The number of hydrogen-bond donors (Lipinski definition) is 1. The fourth-order valence-corrected chi connectivity index (χ4v) is 4.51. The van der Waals surface area contributed by atoms with Crippen LogP contribution < -0.4 is 5.32 Å². The average Bonchev–Trinajstić information content (AvgIpc) is 3.31. The Morgan fingerprint density at radius 3 is 2.30 bits per heavy atom. The highest BCUT2D eigenvalue weighted by Crippen LogP contribution is 2.60.